The van der Waals surface area contributed by atoms with Gasteiger partial charge in [0.05, 0.1) is 10.6 Å². The summed E-state index contributed by atoms with van der Waals surface area (Å²) in [5, 5.41) is -0.746. The van der Waals surface area contributed by atoms with E-state index >= 15 is 0 Å². The Morgan fingerprint density at radius 1 is 1.22 bits per heavy atom. The number of rotatable bonds is 5. The Kier molecular flexibility index (Phi) is 6.10. The lowest BCUT2D eigenvalue weighted by molar-refractivity contribution is -0.112. The average Bonchev–Trinajstić information content (AvgIpc) is 2.47. The van der Waals surface area contributed by atoms with Gasteiger partial charge in [0.2, 0.25) is 5.24 Å². The fraction of sp³-hybridized carbons (Fsp3) is 0.133. The van der Waals surface area contributed by atoms with Crippen LogP contribution in [0.15, 0.2) is 57.9 Å². The molecule has 0 fully saturated rings. The zero-order valence-corrected chi connectivity index (χ0v) is 17.2. The Bertz CT molecular complexity index is 827. The predicted octanol–water partition coefficient (Wildman–Crippen LogP) is 4.40. The zero-order valence-electron chi connectivity index (χ0n) is 11.9. The summed E-state index contributed by atoms with van der Waals surface area (Å²) in [6, 6.07) is 12.1. The average molecular weight is 529 g/mol. The van der Waals surface area contributed by atoms with E-state index in [1.54, 1.807) is 30.3 Å². The molecule has 1 atom stereocenters. The highest BCUT2D eigenvalue weighted by Crippen LogP contribution is 2.28. The van der Waals surface area contributed by atoms with Gasteiger partial charge in [-0.25, -0.2) is 8.42 Å². The van der Waals surface area contributed by atoms with Crippen LogP contribution < -0.4 is 4.31 Å². The highest BCUT2D eigenvalue weighted by Gasteiger charge is 2.32. The largest absolute Gasteiger partial charge is 0.279 e. The molecule has 0 saturated carbocycles. The van der Waals surface area contributed by atoms with Crippen molar-refractivity contribution in [2.45, 2.75) is 17.9 Å². The summed E-state index contributed by atoms with van der Waals surface area (Å²) in [4.78, 5) is 11.7. The van der Waals surface area contributed by atoms with Crippen LogP contribution in [0.1, 0.15) is 6.92 Å². The van der Waals surface area contributed by atoms with Gasteiger partial charge < -0.3 is 0 Å². The van der Waals surface area contributed by atoms with Crippen LogP contribution in [0.3, 0.4) is 0 Å². The van der Waals surface area contributed by atoms with E-state index in [0.29, 0.717) is 5.69 Å². The van der Waals surface area contributed by atoms with E-state index < -0.39 is 21.3 Å². The predicted molar refractivity (Wildman–Crippen MR) is 103 cm³/mol. The SMILES string of the molecule is CC(C(=O)Cl)N(c1cccc(I)c1)S(=O)(=O)c1ccc(Br)cc1. The van der Waals surface area contributed by atoms with Crippen LogP contribution in [0.2, 0.25) is 0 Å². The third-order valence-corrected chi connectivity index (χ3v) is 6.54. The van der Waals surface area contributed by atoms with Gasteiger partial charge in [-0.2, -0.15) is 0 Å². The van der Waals surface area contributed by atoms with E-state index in [9.17, 15) is 13.2 Å². The summed E-state index contributed by atoms with van der Waals surface area (Å²) in [6.45, 7) is 1.46. The molecule has 0 spiro atoms. The molecule has 0 saturated heterocycles. The van der Waals surface area contributed by atoms with Crippen LogP contribution >= 0.6 is 50.1 Å². The Morgan fingerprint density at radius 3 is 2.35 bits per heavy atom. The maximum absolute atomic E-state index is 13.0. The van der Waals surface area contributed by atoms with Crippen LogP contribution in [-0.4, -0.2) is 19.7 Å². The van der Waals surface area contributed by atoms with Gasteiger partial charge >= 0.3 is 0 Å². The molecule has 0 N–H and O–H groups in total. The monoisotopic (exact) mass is 527 g/mol. The van der Waals surface area contributed by atoms with Crippen molar-refractivity contribution >= 4 is 71.1 Å². The van der Waals surface area contributed by atoms with Gasteiger partial charge in [0.25, 0.3) is 10.0 Å². The minimum Gasteiger partial charge on any atom is -0.279 e. The van der Waals surface area contributed by atoms with Gasteiger partial charge in [0.1, 0.15) is 6.04 Å². The number of nitrogens with zero attached hydrogens (tertiary/aromatic N) is 1. The molecule has 4 nitrogen and oxygen atoms in total. The number of benzene rings is 2. The molecule has 0 aliphatic heterocycles. The van der Waals surface area contributed by atoms with E-state index in [1.165, 1.54) is 19.1 Å². The second kappa shape index (κ2) is 7.50. The zero-order chi connectivity index (χ0) is 17.2. The quantitative estimate of drug-likeness (QED) is 0.427. The van der Waals surface area contributed by atoms with Crippen molar-refractivity contribution in [1.82, 2.24) is 0 Å². The Hall–Kier alpha value is -0.640. The van der Waals surface area contributed by atoms with Crippen molar-refractivity contribution in [1.29, 1.82) is 0 Å². The normalized spacial score (nSPS) is 12.7. The second-order valence-electron chi connectivity index (χ2n) is 4.71. The molecule has 0 amide bonds. The van der Waals surface area contributed by atoms with Crippen molar-refractivity contribution in [3.63, 3.8) is 0 Å². The molecule has 0 heterocycles. The molecule has 0 radical (unpaired) electrons. The summed E-state index contributed by atoms with van der Waals surface area (Å²) in [5.74, 6) is 0. The van der Waals surface area contributed by atoms with Gasteiger partial charge in [-0.3, -0.25) is 9.10 Å². The van der Waals surface area contributed by atoms with Crippen LogP contribution in [0, 0.1) is 3.57 Å². The molecule has 0 aliphatic carbocycles. The molecule has 8 heteroatoms. The standard InChI is InChI=1S/C15H12BrClINO3S/c1-10(15(17)20)19(13-4-2-3-12(18)9-13)23(21,22)14-7-5-11(16)6-8-14/h2-10H,1H3. The van der Waals surface area contributed by atoms with Gasteiger partial charge in [0.15, 0.2) is 0 Å². The van der Waals surface area contributed by atoms with E-state index in [-0.39, 0.29) is 4.90 Å². The van der Waals surface area contributed by atoms with Crippen LogP contribution in [0.5, 0.6) is 0 Å². The minimum absolute atomic E-state index is 0.0873. The third-order valence-electron chi connectivity index (χ3n) is 3.11. The van der Waals surface area contributed by atoms with Crippen LogP contribution in [-0.2, 0) is 14.8 Å². The van der Waals surface area contributed by atoms with Crippen molar-refractivity contribution in [2.24, 2.45) is 0 Å². The van der Waals surface area contributed by atoms with Gasteiger partial charge in [-0.1, -0.05) is 22.0 Å². The van der Waals surface area contributed by atoms with E-state index in [0.717, 1.165) is 12.3 Å². The highest BCUT2D eigenvalue weighted by atomic mass is 127. The molecule has 122 valence electrons. The van der Waals surface area contributed by atoms with Crippen LogP contribution in [0.4, 0.5) is 5.69 Å². The van der Waals surface area contributed by atoms with E-state index in [2.05, 4.69) is 38.5 Å². The fourth-order valence-electron chi connectivity index (χ4n) is 2.00. The van der Waals surface area contributed by atoms with Crippen molar-refractivity contribution < 1.29 is 13.2 Å². The molecule has 2 aromatic rings. The van der Waals surface area contributed by atoms with E-state index in [4.69, 9.17) is 11.6 Å². The molecule has 0 aliphatic rings. The molecular formula is C15H12BrClINO3S. The van der Waals surface area contributed by atoms with Crippen molar-refractivity contribution in [3.05, 3.63) is 56.6 Å². The van der Waals surface area contributed by atoms with Crippen molar-refractivity contribution in [2.75, 3.05) is 4.31 Å². The number of hydrogen-bond donors (Lipinski definition) is 0. The minimum atomic E-state index is -3.93. The Balaban J connectivity index is 2.61. The van der Waals surface area contributed by atoms with Crippen molar-refractivity contribution in [3.8, 4) is 0 Å². The van der Waals surface area contributed by atoms with Crippen LogP contribution in [0.25, 0.3) is 0 Å². The second-order valence-corrected chi connectivity index (χ2v) is 9.06. The molecule has 1 unspecified atom stereocenters. The first-order valence-corrected chi connectivity index (χ1v) is 10.2. The molecular weight excluding hydrogens is 516 g/mol. The maximum atomic E-state index is 13.0. The molecule has 0 bridgehead atoms. The summed E-state index contributed by atoms with van der Waals surface area (Å²) in [5.41, 5.74) is 0.390. The first-order valence-electron chi connectivity index (χ1n) is 6.48. The smallest absolute Gasteiger partial charge is 0.265 e. The lowest BCUT2D eigenvalue weighted by atomic mass is 10.3. The molecule has 2 aromatic carbocycles. The lowest BCUT2D eigenvalue weighted by Gasteiger charge is -2.28. The lowest BCUT2D eigenvalue weighted by Crippen LogP contribution is -2.42. The maximum Gasteiger partial charge on any atom is 0.265 e. The molecule has 23 heavy (non-hydrogen) atoms. The first-order chi connectivity index (χ1) is 10.7. The van der Waals surface area contributed by atoms with Gasteiger partial charge in [-0.05, 0) is 83.6 Å². The highest BCUT2D eigenvalue weighted by molar-refractivity contribution is 14.1. The number of anilines is 1. The fourth-order valence-corrected chi connectivity index (χ4v) is 4.55. The Morgan fingerprint density at radius 2 is 1.83 bits per heavy atom. The summed E-state index contributed by atoms with van der Waals surface area (Å²) in [6.07, 6.45) is 0. The molecule has 0 aromatic heterocycles. The third kappa shape index (κ3) is 4.26. The summed E-state index contributed by atoms with van der Waals surface area (Å²) in [7, 11) is -3.93. The number of sulfonamides is 1. The summed E-state index contributed by atoms with van der Waals surface area (Å²) >= 11 is 10.9. The number of halogens is 3. The topological polar surface area (TPSA) is 54.5 Å². The number of carbonyl (C=O) groups excluding carboxylic acids is 1. The first kappa shape index (κ1) is 18.7. The van der Waals surface area contributed by atoms with E-state index in [1.807, 2.05) is 6.07 Å². The molecule has 2 rings (SSSR count). The number of hydrogen-bond acceptors (Lipinski definition) is 3. The van der Waals surface area contributed by atoms with Gasteiger partial charge in [-0.15, -0.1) is 0 Å². The Labute approximate surface area is 162 Å². The number of carbonyl (C=O) groups is 1. The summed E-state index contributed by atoms with van der Waals surface area (Å²) < 4.78 is 28.7. The van der Waals surface area contributed by atoms with Gasteiger partial charge in [0, 0.05) is 8.04 Å².